The van der Waals surface area contributed by atoms with Gasteiger partial charge in [0.2, 0.25) is 0 Å². The summed E-state index contributed by atoms with van der Waals surface area (Å²) in [7, 11) is 0. The molecule has 0 saturated carbocycles. The summed E-state index contributed by atoms with van der Waals surface area (Å²) in [5.74, 6) is 4.97. The first-order valence-electron chi connectivity index (χ1n) is 6.10. The van der Waals surface area contributed by atoms with Crippen molar-refractivity contribution >= 4 is 16.8 Å². The van der Waals surface area contributed by atoms with Gasteiger partial charge >= 0.3 is 0 Å². The summed E-state index contributed by atoms with van der Waals surface area (Å²) in [4.78, 5) is 23.6. The Hall–Kier alpha value is -3.00. The van der Waals surface area contributed by atoms with E-state index in [4.69, 9.17) is 10.3 Å². The highest BCUT2D eigenvalue weighted by Crippen LogP contribution is 2.09. The van der Waals surface area contributed by atoms with Crippen LogP contribution in [0.4, 0.5) is 0 Å². The van der Waals surface area contributed by atoms with Crippen molar-refractivity contribution in [2.24, 2.45) is 5.84 Å². The summed E-state index contributed by atoms with van der Waals surface area (Å²) < 4.78 is 6.39. The average molecular weight is 285 g/mol. The van der Waals surface area contributed by atoms with Crippen molar-refractivity contribution < 1.29 is 9.21 Å². The van der Waals surface area contributed by atoms with Crippen molar-refractivity contribution in [3.8, 4) is 0 Å². The van der Waals surface area contributed by atoms with E-state index in [9.17, 15) is 9.59 Å². The number of furan rings is 1. The lowest BCUT2D eigenvalue weighted by Gasteiger charge is -2.02. The van der Waals surface area contributed by atoms with Gasteiger partial charge < -0.3 is 4.42 Å². The number of carbonyl (C=O) groups excluding carboxylic acids is 1. The van der Waals surface area contributed by atoms with E-state index in [1.54, 1.807) is 24.3 Å². The van der Waals surface area contributed by atoms with E-state index in [-0.39, 0.29) is 17.7 Å². The van der Waals surface area contributed by atoms with Gasteiger partial charge in [-0.2, -0.15) is 0 Å². The predicted octanol–water partition coefficient (Wildman–Crippen LogP) is 0.0363. The van der Waals surface area contributed by atoms with Crippen LogP contribution in [0.2, 0.25) is 0 Å². The summed E-state index contributed by atoms with van der Waals surface area (Å²) in [5.41, 5.74) is 2.52. The minimum absolute atomic E-state index is 0.0779. The van der Waals surface area contributed by atoms with E-state index >= 15 is 0 Å². The summed E-state index contributed by atoms with van der Waals surface area (Å²) >= 11 is 0. The Morgan fingerprint density at radius 3 is 3.00 bits per heavy atom. The van der Waals surface area contributed by atoms with Gasteiger partial charge in [-0.25, -0.2) is 10.5 Å². The van der Waals surface area contributed by atoms with Gasteiger partial charge in [0.15, 0.2) is 0 Å². The molecule has 8 nitrogen and oxygen atoms in total. The zero-order valence-corrected chi connectivity index (χ0v) is 10.8. The summed E-state index contributed by atoms with van der Waals surface area (Å²) in [6, 6.07) is 8.42. The number of nitrogens with zero attached hydrogens (tertiary/aromatic N) is 3. The average Bonchev–Trinajstić information content (AvgIpc) is 2.98. The molecule has 1 amide bonds. The van der Waals surface area contributed by atoms with E-state index in [2.05, 4.69) is 10.3 Å². The van der Waals surface area contributed by atoms with Crippen LogP contribution in [-0.4, -0.2) is 20.9 Å². The Kier molecular flexibility index (Phi) is 3.20. The van der Waals surface area contributed by atoms with E-state index in [1.807, 2.05) is 5.43 Å². The van der Waals surface area contributed by atoms with Crippen LogP contribution in [0, 0.1) is 0 Å². The number of rotatable bonds is 3. The third kappa shape index (κ3) is 2.39. The van der Waals surface area contributed by atoms with Gasteiger partial charge in [0.25, 0.3) is 11.5 Å². The molecule has 0 bridgehead atoms. The number of fused-ring (bicyclic) bond motifs is 1. The Balaban J connectivity index is 1.95. The maximum Gasteiger partial charge on any atom is 0.278 e. The third-order valence-corrected chi connectivity index (χ3v) is 2.98. The van der Waals surface area contributed by atoms with Crippen LogP contribution in [0.25, 0.3) is 10.9 Å². The van der Waals surface area contributed by atoms with Crippen LogP contribution in [0.3, 0.4) is 0 Å². The second kappa shape index (κ2) is 5.17. The molecule has 0 aliphatic rings. The Labute approximate surface area is 118 Å². The fraction of sp³-hybridized carbons (Fsp3) is 0.0769. The SMILES string of the molecule is NNC(=O)c1coc(Cn2nnc3ccccc3c2=O)c1. The van der Waals surface area contributed by atoms with Crippen molar-refractivity contribution in [3.63, 3.8) is 0 Å². The number of benzene rings is 1. The number of hydrogen-bond donors (Lipinski definition) is 2. The molecule has 0 atom stereocenters. The van der Waals surface area contributed by atoms with E-state index in [0.717, 1.165) is 0 Å². The lowest BCUT2D eigenvalue weighted by Crippen LogP contribution is -2.29. The molecule has 0 radical (unpaired) electrons. The molecule has 21 heavy (non-hydrogen) atoms. The molecule has 0 spiro atoms. The first kappa shape index (κ1) is 13.0. The van der Waals surface area contributed by atoms with Crippen LogP contribution in [-0.2, 0) is 6.54 Å². The normalized spacial score (nSPS) is 10.7. The number of nitrogens with one attached hydrogen (secondary N) is 1. The lowest BCUT2D eigenvalue weighted by molar-refractivity contribution is 0.0953. The third-order valence-electron chi connectivity index (χ3n) is 2.98. The van der Waals surface area contributed by atoms with Gasteiger partial charge in [0, 0.05) is 0 Å². The number of nitrogen functional groups attached to an aromatic ring is 1. The second-order valence-electron chi connectivity index (χ2n) is 4.34. The van der Waals surface area contributed by atoms with Crippen molar-refractivity contribution in [3.05, 3.63) is 58.3 Å². The highest BCUT2D eigenvalue weighted by Gasteiger charge is 2.11. The van der Waals surface area contributed by atoms with Crippen molar-refractivity contribution in [1.29, 1.82) is 0 Å². The second-order valence-corrected chi connectivity index (χ2v) is 4.34. The highest BCUT2D eigenvalue weighted by molar-refractivity contribution is 5.93. The molecular weight excluding hydrogens is 274 g/mol. The van der Waals surface area contributed by atoms with Crippen LogP contribution in [0.1, 0.15) is 16.1 Å². The first-order chi connectivity index (χ1) is 10.2. The van der Waals surface area contributed by atoms with Crippen LogP contribution >= 0.6 is 0 Å². The maximum absolute atomic E-state index is 12.2. The molecule has 2 aromatic heterocycles. The fourth-order valence-corrected chi connectivity index (χ4v) is 1.94. The number of carbonyl (C=O) groups is 1. The molecule has 8 heteroatoms. The van der Waals surface area contributed by atoms with Crippen molar-refractivity contribution in [2.45, 2.75) is 6.54 Å². The van der Waals surface area contributed by atoms with Crippen LogP contribution in [0.5, 0.6) is 0 Å². The quantitative estimate of drug-likeness (QED) is 0.398. The van der Waals surface area contributed by atoms with Crippen molar-refractivity contribution in [2.75, 3.05) is 0 Å². The minimum Gasteiger partial charge on any atom is -0.467 e. The molecule has 3 aromatic rings. The molecule has 3 N–H and O–H groups in total. The molecule has 0 aliphatic carbocycles. The first-order valence-corrected chi connectivity index (χ1v) is 6.10. The molecule has 1 aromatic carbocycles. The number of hydrogen-bond acceptors (Lipinski definition) is 6. The fourth-order valence-electron chi connectivity index (χ4n) is 1.94. The summed E-state index contributed by atoms with van der Waals surface area (Å²) in [5, 5.41) is 8.28. The Morgan fingerprint density at radius 1 is 1.38 bits per heavy atom. The predicted molar refractivity (Wildman–Crippen MR) is 73.3 cm³/mol. The highest BCUT2D eigenvalue weighted by atomic mass is 16.3. The zero-order chi connectivity index (χ0) is 14.8. The monoisotopic (exact) mass is 285 g/mol. The molecule has 106 valence electrons. The van der Waals surface area contributed by atoms with Gasteiger partial charge in [-0.3, -0.25) is 15.0 Å². The molecule has 2 heterocycles. The molecular formula is C13H11N5O3. The number of hydrazine groups is 1. The molecule has 0 unspecified atom stereocenters. The molecule has 0 saturated heterocycles. The van der Waals surface area contributed by atoms with Crippen LogP contribution in [0.15, 0.2) is 45.8 Å². The number of nitrogens with two attached hydrogens (primary N) is 1. The van der Waals surface area contributed by atoms with Gasteiger partial charge in [-0.15, -0.1) is 5.10 Å². The topological polar surface area (TPSA) is 116 Å². The van der Waals surface area contributed by atoms with E-state index in [1.165, 1.54) is 17.0 Å². The standard InChI is InChI=1S/C13H11N5O3/c14-15-12(19)8-5-9(21-7-8)6-18-13(20)10-3-1-2-4-11(10)16-17-18/h1-5,7H,6,14H2,(H,15,19). The lowest BCUT2D eigenvalue weighted by atomic mass is 10.2. The van der Waals surface area contributed by atoms with Crippen LogP contribution < -0.4 is 16.8 Å². The van der Waals surface area contributed by atoms with Gasteiger partial charge in [-0.05, 0) is 18.2 Å². The Morgan fingerprint density at radius 2 is 2.19 bits per heavy atom. The molecule has 3 rings (SSSR count). The number of amides is 1. The van der Waals surface area contributed by atoms with E-state index in [0.29, 0.717) is 16.7 Å². The van der Waals surface area contributed by atoms with E-state index < -0.39 is 5.91 Å². The summed E-state index contributed by atoms with van der Waals surface area (Å²) in [6.07, 6.45) is 1.26. The smallest absolute Gasteiger partial charge is 0.278 e. The molecule has 0 fully saturated rings. The van der Waals surface area contributed by atoms with Gasteiger partial charge in [0.05, 0.1) is 10.9 Å². The van der Waals surface area contributed by atoms with Gasteiger partial charge in [-0.1, -0.05) is 17.3 Å². The number of aromatic nitrogens is 3. The molecule has 0 aliphatic heterocycles. The van der Waals surface area contributed by atoms with Gasteiger partial charge in [0.1, 0.15) is 24.1 Å². The van der Waals surface area contributed by atoms with Crippen molar-refractivity contribution in [1.82, 2.24) is 20.4 Å². The summed E-state index contributed by atoms with van der Waals surface area (Å²) in [6.45, 7) is 0.0779. The Bertz CT molecular complexity index is 867. The largest absolute Gasteiger partial charge is 0.467 e. The zero-order valence-electron chi connectivity index (χ0n) is 10.8. The maximum atomic E-state index is 12.2. The minimum atomic E-state index is -0.470.